The molecule has 0 aliphatic rings. The monoisotopic (exact) mass is 568 g/mol. The minimum Gasteiger partial charge on any atom is -0.423 e. The molecule has 0 spiro atoms. The number of non-ortho nitro benzene ring substituents is 1. The third kappa shape index (κ3) is 6.76. The van der Waals surface area contributed by atoms with Crippen LogP contribution in [-0.2, 0) is 5.75 Å². The van der Waals surface area contributed by atoms with E-state index in [4.69, 9.17) is 4.74 Å². The van der Waals surface area contributed by atoms with E-state index >= 15 is 0 Å². The van der Waals surface area contributed by atoms with E-state index in [2.05, 4.69) is 21.6 Å². The molecule has 5 aromatic rings. The number of thiazole rings is 1. The van der Waals surface area contributed by atoms with Crippen LogP contribution in [0, 0.1) is 10.1 Å². The van der Waals surface area contributed by atoms with Crippen LogP contribution in [0.25, 0.3) is 10.2 Å². The smallest absolute Gasteiger partial charge is 0.343 e. The lowest BCUT2D eigenvalue weighted by Crippen LogP contribution is -2.17. The van der Waals surface area contributed by atoms with E-state index in [1.807, 2.05) is 30.3 Å². The summed E-state index contributed by atoms with van der Waals surface area (Å²) in [6, 6.07) is 27.1. The van der Waals surface area contributed by atoms with Gasteiger partial charge in [0.15, 0.2) is 4.34 Å². The number of esters is 1. The zero-order chi connectivity index (χ0) is 27.9. The first-order valence-electron chi connectivity index (χ1n) is 11.9. The summed E-state index contributed by atoms with van der Waals surface area (Å²) in [5, 5.41) is 14.9. The number of nitrogens with one attached hydrogen (secondary N) is 1. The number of thioether (sulfide) groups is 1. The maximum atomic E-state index is 12.5. The van der Waals surface area contributed by atoms with Crippen molar-refractivity contribution in [1.82, 2.24) is 10.4 Å². The first-order chi connectivity index (χ1) is 19.4. The number of aromatic nitrogens is 1. The molecular formula is C29H20N4O5S2. The molecule has 0 radical (unpaired) electrons. The van der Waals surface area contributed by atoms with Crippen molar-refractivity contribution in [2.24, 2.45) is 5.10 Å². The topological polar surface area (TPSA) is 124 Å². The molecule has 5 rings (SSSR count). The number of carbonyl (C=O) groups is 2. The van der Waals surface area contributed by atoms with E-state index in [1.54, 1.807) is 59.5 Å². The summed E-state index contributed by atoms with van der Waals surface area (Å²) in [4.78, 5) is 39.7. The van der Waals surface area contributed by atoms with Gasteiger partial charge in [0.1, 0.15) is 5.75 Å². The largest absolute Gasteiger partial charge is 0.423 e. The number of hydrogen-bond donors (Lipinski definition) is 1. The van der Waals surface area contributed by atoms with E-state index in [0.717, 1.165) is 31.9 Å². The molecule has 1 aromatic heterocycles. The molecule has 40 heavy (non-hydrogen) atoms. The van der Waals surface area contributed by atoms with Gasteiger partial charge in [-0.3, -0.25) is 14.9 Å². The van der Waals surface area contributed by atoms with Crippen molar-refractivity contribution in [2.45, 2.75) is 10.1 Å². The van der Waals surface area contributed by atoms with Crippen LogP contribution in [0.4, 0.5) is 5.69 Å². The van der Waals surface area contributed by atoms with Gasteiger partial charge in [0.05, 0.1) is 26.9 Å². The van der Waals surface area contributed by atoms with Gasteiger partial charge >= 0.3 is 5.97 Å². The molecule has 198 valence electrons. The fourth-order valence-corrected chi connectivity index (χ4v) is 5.60. The van der Waals surface area contributed by atoms with Gasteiger partial charge in [-0.2, -0.15) is 5.10 Å². The predicted molar refractivity (Wildman–Crippen MR) is 155 cm³/mol. The molecule has 0 unspecified atom stereocenters. The number of amides is 1. The van der Waals surface area contributed by atoms with Crippen molar-refractivity contribution in [3.8, 4) is 5.75 Å². The number of fused-ring (bicyclic) bond motifs is 1. The molecule has 9 nitrogen and oxygen atoms in total. The molecule has 1 amide bonds. The number of nitro groups is 1. The second kappa shape index (κ2) is 12.3. The SMILES string of the molecule is O=C(N/N=C/c1ccc(OC(=O)c2cccc([N+](=O)[O-])c2)cc1)c1ccc(CSc2nc3ccccc3s2)cc1. The van der Waals surface area contributed by atoms with Crippen molar-refractivity contribution in [3.63, 3.8) is 0 Å². The Hall–Kier alpha value is -4.87. The maximum Gasteiger partial charge on any atom is 0.343 e. The second-order valence-electron chi connectivity index (χ2n) is 8.40. The molecule has 0 saturated carbocycles. The van der Waals surface area contributed by atoms with Crippen molar-refractivity contribution in [3.05, 3.63) is 129 Å². The fraction of sp³-hybridized carbons (Fsp3) is 0.0345. The quantitative estimate of drug-likeness (QED) is 0.0539. The number of carbonyl (C=O) groups excluding carboxylic acids is 2. The number of hydrogen-bond acceptors (Lipinski definition) is 9. The Morgan fingerprint density at radius 2 is 1.75 bits per heavy atom. The van der Waals surface area contributed by atoms with Gasteiger partial charge in [-0.1, -0.05) is 42.1 Å². The molecule has 0 atom stereocenters. The first-order valence-corrected chi connectivity index (χ1v) is 13.7. The van der Waals surface area contributed by atoms with Crippen molar-refractivity contribution >= 4 is 57.1 Å². The van der Waals surface area contributed by atoms with Gasteiger partial charge in [0, 0.05) is 23.4 Å². The van der Waals surface area contributed by atoms with Crippen molar-refractivity contribution in [1.29, 1.82) is 0 Å². The minimum atomic E-state index is -0.709. The van der Waals surface area contributed by atoms with E-state index in [9.17, 15) is 19.7 Å². The minimum absolute atomic E-state index is 0.0718. The number of benzene rings is 4. The van der Waals surface area contributed by atoms with Crippen LogP contribution in [0.15, 0.2) is 107 Å². The Balaban J connectivity index is 1.10. The van der Waals surface area contributed by atoms with Gasteiger partial charge < -0.3 is 4.74 Å². The summed E-state index contributed by atoms with van der Waals surface area (Å²) in [6.07, 6.45) is 1.47. The molecule has 0 fully saturated rings. The maximum absolute atomic E-state index is 12.5. The van der Waals surface area contributed by atoms with E-state index in [1.165, 1.54) is 24.4 Å². The number of nitro benzene ring substituents is 1. The van der Waals surface area contributed by atoms with Crippen LogP contribution in [0.2, 0.25) is 0 Å². The van der Waals surface area contributed by atoms with Gasteiger partial charge in [0.25, 0.3) is 11.6 Å². The van der Waals surface area contributed by atoms with Crippen LogP contribution < -0.4 is 10.2 Å². The molecular weight excluding hydrogens is 548 g/mol. The third-order valence-electron chi connectivity index (χ3n) is 5.62. The lowest BCUT2D eigenvalue weighted by atomic mass is 10.1. The first kappa shape index (κ1) is 26.7. The van der Waals surface area contributed by atoms with Crippen LogP contribution in [-0.4, -0.2) is 28.0 Å². The molecule has 0 aliphatic heterocycles. The number of rotatable bonds is 9. The van der Waals surface area contributed by atoms with Crippen LogP contribution in [0.5, 0.6) is 5.75 Å². The summed E-state index contributed by atoms with van der Waals surface area (Å²) in [5.74, 6) is -0.0434. The van der Waals surface area contributed by atoms with Crippen LogP contribution in [0.3, 0.4) is 0 Å². The zero-order valence-electron chi connectivity index (χ0n) is 20.7. The number of nitrogens with zero attached hydrogens (tertiary/aromatic N) is 3. The summed E-state index contributed by atoms with van der Waals surface area (Å²) < 4.78 is 7.44. The molecule has 1 N–H and O–H groups in total. The van der Waals surface area contributed by atoms with E-state index in [0.29, 0.717) is 11.1 Å². The highest BCUT2D eigenvalue weighted by Crippen LogP contribution is 2.31. The Morgan fingerprint density at radius 1 is 0.975 bits per heavy atom. The summed E-state index contributed by atoms with van der Waals surface area (Å²) in [6.45, 7) is 0. The van der Waals surface area contributed by atoms with Gasteiger partial charge in [-0.15, -0.1) is 11.3 Å². The Morgan fingerprint density at radius 3 is 2.50 bits per heavy atom. The fourth-order valence-electron chi connectivity index (χ4n) is 3.57. The van der Waals surface area contributed by atoms with E-state index in [-0.39, 0.29) is 22.9 Å². The van der Waals surface area contributed by atoms with Gasteiger partial charge in [-0.25, -0.2) is 15.2 Å². The number of para-hydroxylation sites is 1. The number of ether oxygens (including phenoxy) is 1. The van der Waals surface area contributed by atoms with Crippen LogP contribution in [0.1, 0.15) is 31.8 Å². The normalized spacial score (nSPS) is 11.0. The van der Waals surface area contributed by atoms with Gasteiger partial charge in [-0.05, 0) is 65.7 Å². The van der Waals surface area contributed by atoms with Crippen molar-refractivity contribution < 1.29 is 19.2 Å². The predicted octanol–water partition coefficient (Wildman–Crippen LogP) is 6.48. The molecule has 4 aromatic carbocycles. The Labute approximate surface area is 236 Å². The Kier molecular flexibility index (Phi) is 8.24. The summed E-state index contributed by atoms with van der Waals surface area (Å²) >= 11 is 3.33. The number of hydrazone groups is 1. The average Bonchev–Trinajstić information content (AvgIpc) is 3.40. The molecule has 0 aliphatic carbocycles. The summed E-state index contributed by atoms with van der Waals surface area (Å²) in [5.41, 5.74) is 5.60. The standard InChI is InChI=1S/C29H20N4O5S2/c34-27(21-12-8-20(9-13-21)18-39-29-31-25-6-1-2-7-26(25)40-29)32-30-17-19-10-14-24(15-11-19)38-28(35)22-4-3-5-23(16-22)33(36)37/h1-17H,18H2,(H,32,34)/b30-17+. The zero-order valence-corrected chi connectivity index (χ0v) is 22.4. The average molecular weight is 569 g/mol. The van der Waals surface area contributed by atoms with Crippen LogP contribution >= 0.6 is 23.1 Å². The second-order valence-corrected chi connectivity index (χ2v) is 10.7. The molecule has 0 saturated heterocycles. The molecule has 1 heterocycles. The highest BCUT2D eigenvalue weighted by molar-refractivity contribution is 8.00. The highest BCUT2D eigenvalue weighted by atomic mass is 32.2. The lowest BCUT2D eigenvalue weighted by molar-refractivity contribution is -0.384. The highest BCUT2D eigenvalue weighted by Gasteiger charge is 2.13. The van der Waals surface area contributed by atoms with Crippen molar-refractivity contribution in [2.75, 3.05) is 0 Å². The molecule has 0 bridgehead atoms. The lowest BCUT2D eigenvalue weighted by Gasteiger charge is -2.05. The van der Waals surface area contributed by atoms with E-state index < -0.39 is 10.9 Å². The summed E-state index contributed by atoms with van der Waals surface area (Å²) in [7, 11) is 0. The van der Waals surface area contributed by atoms with Gasteiger partial charge in [0.2, 0.25) is 0 Å². The third-order valence-corrected chi connectivity index (χ3v) is 7.87. The Bertz CT molecular complexity index is 1680. The molecule has 11 heteroatoms.